The van der Waals surface area contributed by atoms with E-state index in [4.69, 9.17) is 5.73 Å². The van der Waals surface area contributed by atoms with Crippen LogP contribution in [-0.4, -0.2) is 37.9 Å². The van der Waals surface area contributed by atoms with Crippen LogP contribution in [0.3, 0.4) is 0 Å². The molecule has 0 bridgehead atoms. The highest BCUT2D eigenvalue weighted by Crippen LogP contribution is 2.29. The first-order valence-corrected chi connectivity index (χ1v) is 8.97. The van der Waals surface area contributed by atoms with Gasteiger partial charge >= 0.3 is 0 Å². The van der Waals surface area contributed by atoms with Crippen molar-refractivity contribution in [2.24, 2.45) is 17.6 Å². The van der Waals surface area contributed by atoms with Crippen molar-refractivity contribution >= 4 is 15.7 Å². The summed E-state index contributed by atoms with van der Waals surface area (Å²) in [6, 6.07) is 0.123. The highest BCUT2D eigenvalue weighted by atomic mass is 32.2. The number of amides is 1. The van der Waals surface area contributed by atoms with Crippen molar-refractivity contribution in [2.45, 2.75) is 51.1 Å². The fourth-order valence-corrected chi connectivity index (χ4v) is 4.60. The van der Waals surface area contributed by atoms with E-state index in [9.17, 15) is 13.2 Å². The van der Waals surface area contributed by atoms with E-state index < -0.39 is 9.84 Å². The van der Waals surface area contributed by atoms with Gasteiger partial charge in [-0.25, -0.2) is 8.42 Å². The first-order chi connectivity index (χ1) is 8.89. The van der Waals surface area contributed by atoms with Gasteiger partial charge in [0.15, 0.2) is 0 Å². The van der Waals surface area contributed by atoms with Gasteiger partial charge in [-0.1, -0.05) is 13.3 Å². The van der Waals surface area contributed by atoms with E-state index in [2.05, 4.69) is 5.32 Å². The molecule has 1 aliphatic carbocycles. The highest BCUT2D eigenvalue weighted by molar-refractivity contribution is 7.91. The molecule has 1 saturated heterocycles. The number of nitrogens with two attached hydrogens (primary N) is 1. The van der Waals surface area contributed by atoms with Crippen molar-refractivity contribution in [2.75, 3.05) is 11.5 Å². The Labute approximate surface area is 115 Å². The maximum atomic E-state index is 12.3. The lowest BCUT2D eigenvalue weighted by molar-refractivity contribution is -0.128. The van der Waals surface area contributed by atoms with Crippen molar-refractivity contribution in [3.05, 3.63) is 0 Å². The molecule has 2 fully saturated rings. The van der Waals surface area contributed by atoms with E-state index in [0.29, 0.717) is 12.8 Å². The zero-order valence-electron chi connectivity index (χ0n) is 11.5. The summed E-state index contributed by atoms with van der Waals surface area (Å²) in [5.74, 6) is 0.644. The van der Waals surface area contributed by atoms with Crippen molar-refractivity contribution < 1.29 is 13.2 Å². The highest BCUT2D eigenvalue weighted by Gasteiger charge is 2.34. The Morgan fingerprint density at radius 3 is 2.42 bits per heavy atom. The zero-order valence-corrected chi connectivity index (χ0v) is 12.3. The molecule has 3 atom stereocenters. The van der Waals surface area contributed by atoms with Gasteiger partial charge in [-0.15, -0.1) is 0 Å². The number of nitrogens with one attached hydrogen (secondary N) is 1. The van der Waals surface area contributed by atoms with E-state index in [1.807, 2.05) is 6.92 Å². The van der Waals surface area contributed by atoms with Crippen molar-refractivity contribution in [3.63, 3.8) is 0 Å². The van der Waals surface area contributed by atoms with Crippen molar-refractivity contribution in [3.8, 4) is 0 Å². The number of rotatable bonds is 2. The standard InChI is InChI=1S/C13H24N2O3S/c1-9-11(3-2-4-12(9)14)13(16)15-10-5-7-19(17,18)8-6-10/h9-12H,2-8,14H2,1H3,(H,15,16). The van der Waals surface area contributed by atoms with Gasteiger partial charge in [0.25, 0.3) is 0 Å². The monoisotopic (exact) mass is 288 g/mol. The number of carbonyl (C=O) groups is 1. The molecule has 1 aliphatic heterocycles. The Hall–Kier alpha value is -0.620. The average molecular weight is 288 g/mol. The quantitative estimate of drug-likeness (QED) is 0.772. The Bertz CT molecular complexity index is 421. The molecular weight excluding hydrogens is 264 g/mol. The summed E-state index contributed by atoms with van der Waals surface area (Å²) in [5.41, 5.74) is 6.02. The van der Waals surface area contributed by atoms with Crippen molar-refractivity contribution in [1.82, 2.24) is 5.32 Å². The van der Waals surface area contributed by atoms with E-state index in [-0.39, 0.29) is 41.3 Å². The van der Waals surface area contributed by atoms with Gasteiger partial charge in [-0.3, -0.25) is 4.79 Å². The summed E-state index contributed by atoms with van der Waals surface area (Å²) >= 11 is 0. The van der Waals surface area contributed by atoms with Crippen LogP contribution in [0.2, 0.25) is 0 Å². The smallest absolute Gasteiger partial charge is 0.223 e. The van der Waals surface area contributed by atoms with E-state index in [0.717, 1.165) is 19.3 Å². The summed E-state index contributed by atoms with van der Waals surface area (Å²) in [6.07, 6.45) is 3.98. The van der Waals surface area contributed by atoms with E-state index >= 15 is 0 Å². The number of sulfone groups is 1. The van der Waals surface area contributed by atoms with Crippen LogP contribution in [-0.2, 0) is 14.6 Å². The third-order valence-corrected chi connectivity index (χ3v) is 6.32. The number of carbonyl (C=O) groups excluding carboxylic acids is 1. The first kappa shape index (κ1) is 14.8. The molecule has 19 heavy (non-hydrogen) atoms. The molecule has 0 aromatic carbocycles. The van der Waals surface area contributed by atoms with E-state index in [1.165, 1.54) is 0 Å². The van der Waals surface area contributed by atoms with Crippen molar-refractivity contribution in [1.29, 1.82) is 0 Å². The fraction of sp³-hybridized carbons (Fsp3) is 0.923. The minimum Gasteiger partial charge on any atom is -0.353 e. The second kappa shape index (κ2) is 5.79. The van der Waals surface area contributed by atoms with E-state index in [1.54, 1.807) is 0 Å². The maximum Gasteiger partial charge on any atom is 0.223 e. The topological polar surface area (TPSA) is 89.3 Å². The predicted molar refractivity (Wildman–Crippen MR) is 74.3 cm³/mol. The summed E-state index contributed by atoms with van der Waals surface area (Å²) in [6.45, 7) is 2.04. The molecule has 2 rings (SSSR count). The molecule has 6 heteroatoms. The lowest BCUT2D eigenvalue weighted by Gasteiger charge is -2.34. The third kappa shape index (κ3) is 3.69. The van der Waals surface area contributed by atoms with Crippen LogP contribution >= 0.6 is 0 Å². The molecule has 110 valence electrons. The molecule has 0 aromatic heterocycles. The second-order valence-corrected chi connectivity index (χ2v) is 8.30. The van der Waals surface area contributed by atoms with Gasteiger partial charge in [-0.2, -0.15) is 0 Å². The fourth-order valence-electron chi connectivity index (χ4n) is 3.11. The van der Waals surface area contributed by atoms with Gasteiger partial charge in [0.2, 0.25) is 5.91 Å². The van der Waals surface area contributed by atoms with Crippen LogP contribution < -0.4 is 11.1 Å². The molecule has 5 nitrogen and oxygen atoms in total. The molecule has 2 aliphatic rings. The summed E-state index contributed by atoms with van der Waals surface area (Å²) < 4.78 is 22.7. The molecule has 0 radical (unpaired) electrons. The van der Waals surface area contributed by atoms with Gasteiger partial charge < -0.3 is 11.1 Å². The Balaban J connectivity index is 1.87. The lowest BCUT2D eigenvalue weighted by atomic mass is 9.76. The summed E-state index contributed by atoms with van der Waals surface area (Å²) in [7, 11) is -2.87. The largest absolute Gasteiger partial charge is 0.353 e. The van der Waals surface area contributed by atoms with Gasteiger partial charge in [0.05, 0.1) is 11.5 Å². The van der Waals surface area contributed by atoms with Crippen LogP contribution in [0.1, 0.15) is 39.0 Å². The van der Waals surface area contributed by atoms with Crippen LogP contribution in [0.15, 0.2) is 0 Å². The minimum atomic E-state index is -2.87. The van der Waals surface area contributed by atoms with Crippen LogP contribution in [0, 0.1) is 11.8 Å². The average Bonchev–Trinajstić information content (AvgIpc) is 2.35. The SMILES string of the molecule is CC1C(N)CCCC1C(=O)NC1CCS(=O)(=O)CC1. The molecule has 3 unspecified atom stereocenters. The summed E-state index contributed by atoms with van der Waals surface area (Å²) in [5, 5.41) is 3.02. The Morgan fingerprint density at radius 1 is 1.16 bits per heavy atom. The third-order valence-electron chi connectivity index (χ3n) is 4.60. The molecule has 1 amide bonds. The predicted octanol–water partition coefficient (Wildman–Crippen LogP) is 0.443. The minimum absolute atomic E-state index is 0.0118. The van der Waals surface area contributed by atoms with Crippen LogP contribution in [0.4, 0.5) is 0 Å². The van der Waals surface area contributed by atoms with Crippen LogP contribution in [0.25, 0.3) is 0 Å². The molecule has 3 N–H and O–H groups in total. The van der Waals surface area contributed by atoms with Crippen LogP contribution in [0.5, 0.6) is 0 Å². The molecule has 0 spiro atoms. The number of hydrogen-bond acceptors (Lipinski definition) is 4. The van der Waals surface area contributed by atoms with Gasteiger partial charge in [0.1, 0.15) is 9.84 Å². The molecular formula is C13H24N2O3S. The Kier molecular flexibility index (Phi) is 4.50. The molecule has 0 aromatic rings. The normalized spacial score (nSPS) is 35.8. The van der Waals surface area contributed by atoms with Gasteiger partial charge in [-0.05, 0) is 31.6 Å². The molecule has 1 saturated carbocycles. The lowest BCUT2D eigenvalue weighted by Crippen LogP contribution is -2.48. The molecule has 1 heterocycles. The second-order valence-electron chi connectivity index (χ2n) is 6.00. The zero-order chi connectivity index (χ0) is 14.0. The van der Waals surface area contributed by atoms with Gasteiger partial charge in [0, 0.05) is 18.0 Å². The summed E-state index contributed by atoms with van der Waals surface area (Å²) in [4.78, 5) is 12.3. The first-order valence-electron chi connectivity index (χ1n) is 7.15. The Morgan fingerprint density at radius 2 is 1.79 bits per heavy atom. The maximum absolute atomic E-state index is 12.3. The number of hydrogen-bond donors (Lipinski definition) is 2.